The molecule has 0 rings (SSSR count). The summed E-state index contributed by atoms with van der Waals surface area (Å²) in [5, 5.41) is 9.35. The summed E-state index contributed by atoms with van der Waals surface area (Å²) in [6, 6.07) is 0. The highest BCUT2D eigenvalue weighted by Gasteiger charge is 2.13. The summed E-state index contributed by atoms with van der Waals surface area (Å²) in [5.74, 6) is -0.219. The topological polar surface area (TPSA) is 55.8 Å². The number of ether oxygens (including phenoxy) is 2. The Bertz CT molecular complexity index is 355. The minimum absolute atomic E-state index is 0.172. The maximum atomic E-state index is 11.8. The molecule has 0 spiro atoms. The number of carbonyl (C=O) groups excluding carboxylic acids is 1. The molecular formula is C24H46O4. The highest BCUT2D eigenvalue weighted by atomic mass is 16.6. The first-order valence-electron chi connectivity index (χ1n) is 11.8. The molecule has 1 unspecified atom stereocenters. The number of aliphatic hydroxyl groups excluding tert-OH is 1. The predicted octanol–water partition coefficient (Wildman–Crippen LogP) is 6.35. The first-order chi connectivity index (χ1) is 13.7. The van der Waals surface area contributed by atoms with E-state index in [-0.39, 0.29) is 12.6 Å². The molecule has 0 fully saturated rings. The van der Waals surface area contributed by atoms with Crippen LogP contribution in [0.25, 0.3) is 0 Å². The average Bonchev–Trinajstić information content (AvgIpc) is 2.70. The van der Waals surface area contributed by atoms with Crippen molar-refractivity contribution in [2.24, 2.45) is 0 Å². The lowest BCUT2D eigenvalue weighted by Gasteiger charge is -2.15. The number of esters is 1. The Labute approximate surface area is 174 Å². The van der Waals surface area contributed by atoms with Crippen LogP contribution in [0.2, 0.25) is 0 Å². The third kappa shape index (κ3) is 19.9. The van der Waals surface area contributed by atoms with E-state index in [1.165, 1.54) is 70.6 Å². The van der Waals surface area contributed by atoms with Crippen molar-refractivity contribution in [2.45, 2.75) is 116 Å². The average molecular weight is 399 g/mol. The molecule has 1 N–H and O–H groups in total. The van der Waals surface area contributed by atoms with Crippen molar-refractivity contribution in [1.29, 1.82) is 0 Å². The van der Waals surface area contributed by atoms with E-state index in [2.05, 4.69) is 26.0 Å². The van der Waals surface area contributed by atoms with Gasteiger partial charge < -0.3 is 14.6 Å². The Kier molecular flexibility index (Phi) is 21.7. The Balaban J connectivity index is 3.45. The SMILES string of the molecule is CCC/C=C\CCCCCCCCOCC(CO)OC(=O)CCCCCCC. The van der Waals surface area contributed by atoms with Gasteiger partial charge in [0, 0.05) is 13.0 Å². The molecular weight excluding hydrogens is 352 g/mol. The van der Waals surface area contributed by atoms with Crippen LogP contribution >= 0.6 is 0 Å². The lowest BCUT2D eigenvalue weighted by atomic mass is 10.1. The van der Waals surface area contributed by atoms with Crippen molar-refractivity contribution >= 4 is 5.97 Å². The molecule has 166 valence electrons. The van der Waals surface area contributed by atoms with E-state index >= 15 is 0 Å². The monoisotopic (exact) mass is 398 g/mol. The van der Waals surface area contributed by atoms with Gasteiger partial charge in [-0.15, -0.1) is 0 Å². The van der Waals surface area contributed by atoms with E-state index in [0.29, 0.717) is 19.6 Å². The van der Waals surface area contributed by atoms with Crippen LogP contribution < -0.4 is 0 Å². The maximum absolute atomic E-state index is 11.8. The van der Waals surface area contributed by atoms with E-state index in [1.807, 2.05) is 0 Å². The smallest absolute Gasteiger partial charge is 0.306 e. The van der Waals surface area contributed by atoms with E-state index in [1.54, 1.807) is 0 Å². The minimum atomic E-state index is -0.524. The summed E-state index contributed by atoms with van der Waals surface area (Å²) in [7, 11) is 0. The highest BCUT2D eigenvalue weighted by Crippen LogP contribution is 2.09. The van der Waals surface area contributed by atoms with E-state index in [4.69, 9.17) is 9.47 Å². The summed E-state index contributed by atoms with van der Waals surface area (Å²) >= 11 is 0. The van der Waals surface area contributed by atoms with Crippen molar-refractivity contribution in [1.82, 2.24) is 0 Å². The fourth-order valence-electron chi connectivity index (χ4n) is 3.03. The number of aliphatic hydroxyl groups is 1. The van der Waals surface area contributed by atoms with Crippen LogP contribution in [0, 0.1) is 0 Å². The summed E-state index contributed by atoms with van der Waals surface area (Å²) in [6.07, 6.45) is 21.0. The third-order valence-electron chi connectivity index (χ3n) is 4.82. The van der Waals surface area contributed by atoms with E-state index < -0.39 is 6.10 Å². The van der Waals surface area contributed by atoms with Gasteiger partial charge in [-0.3, -0.25) is 4.79 Å². The molecule has 0 aromatic carbocycles. The number of hydrogen-bond donors (Lipinski definition) is 1. The second-order valence-electron chi connectivity index (χ2n) is 7.70. The molecule has 0 aliphatic rings. The molecule has 0 bridgehead atoms. The van der Waals surface area contributed by atoms with Gasteiger partial charge in [-0.2, -0.15) is 0 Å². The van der Waals surface area contributed by atoms with Crippen molar-refractivity contribution in [2.75, 3.05) is 19.8 Å². The molecule has 4 heteroatoms. The molecule has 0 heterocycles. The van der Waals surface area contributed by atoms with Crippen molar-refractivity contribution < 1.29 is 19.4 Å². The van der Waals surface area contributed by atoms with Crippen LogP contribution in [-0.4, -0.2) is 37.0 Å². The standard InChI is InChI=1S/C24H46O4/c1-3-5-7-9-10-11-12-13-14-16-18-20-27-22-23(21-25)28-24(26)19-17-15-8-6-4-2/h7,9,23,25H,3-6,8,10-22H2,1-2H3/b9-7-. The van der Waals surface area contributed by atoms with Crippen LogP contribution in [0.5, 0.6) is 0 Å². The van der Waals surface area contributed by atoms with Crippen molar-refractivity contribution in [3.8, 4) is 0 Å². The fraction of sp³-hybridized carbons (Fsp3) is 0.875. The van der Waals surface area contributed by atoms with Gasteiger partial charge in [0.1, 0.15) is 6.10 Å². The molecule has 0 aliphatic carbocycles. The Morgan fingerprint density at radius 3 is 2.18 bits per heavy atom. The fourth-order valence-corrected chi connectivity index (χ4v) is 3.03. The minimum Gasteiger partial charge on any atom is -0.457 e. The molecule has 1 atom stereocenters. The van der Waals surface area contributed by atoms with Crippen molar-refractivity contribution in [3.05, 3.63) is 12.2 Å². The maximum Gasteiger partial charge on any atom is 0.306 e. The molecule has 0 radical (unpaired) electrons. The zero-order valence-corrected chi connectivity index (χ0v) is 18.6. The summed E-state index contributed by atoms with van der Waals surface area (Å²) < 4.78 is 10.9. The van der Waals surface area contributed by atoms with Gasteiger partial charge in [-0.25, -0.2) is 0 Å². The second-order valence-corrected chi connectivity index (χ2v) is 7.70. The van der Waals surface area contributed by atoms with Gasteiger partial charge in [0.2, 0.25) is 0 Å². The summed E-state index contributed by atoms with van der Waals surface area (Å²) in [5.41, 5.74) is 0. The Hall–Kier alpha value is -0.870. The highest BCUT2D eigenvalue weighted by molar-refractivity contribution is 5.69. The van der Waals surface area contributed by atoms with E-state index in [0.717, 1.165) is 19.3 Å². The van der Waals surface area contributed by atoms with Crippen LogP contribution in [-0.2, 0) is 14.3 Å². The summed E-state index contributed by atoms with van der Waals surface area (Å²) in [6.45, 7) is 5.18. The number of unbranched alkanes of at least 4 members (excludes halogenated alkanes) is 11. The second kappa shape index (κ2) is 22.4. The van der Waals surface area contributed by atoms with Gasteiger partial charge in [0.25, 0.3) is 0 Å². The first-order valence-corrected chi connectivity index (χ1v) is 11.8. The zero-order chi connectivity index (χ0) is 20.7. The molecule has 0 aliphatic heterocycles. The van der Waals surface area contributed by atoms with Gasteiger partial charge in [0.05, 0.1) is 13.2 Å². The molecule has 0 saturated heterocycles. The van der Waals surface area contributed by atoms with Gasteiger partial charge in [-0.05, 0) is 32.1 Å². The first kappa shape index (κ1) is 27.1. The Morgan fingerprint density at radius 2 is 1.46 bits per heavy atom. The van der Waals surface area contributed by atoms with Gasteiger partial charge >= 0.3 is 5.97 Å². The number of carbonyl (C=O) groups is 1. The Morgan fingerprint density at radius 1 is 0.821 bits per heavy atom. The van der Waals surface area contributed by atoms with Gasteiger partial charge in [-0.1, -0.05) is 83.8 Å². The van der Waals surface area contributed by atoms with Crippen LogP contribution in [0.3, 0.4) is 0 Å². The van der Waals surface area contributed by atoms with Crippen LogP contribution in [0.4, 0.5) is 0 Å². The lowest BCUT2D eigenvalue weighted by molar-refractivity contribution is -0.154. The van der Waals surface area contributed by atoms with Crippen LogP contribution in [0.1, 0.15) is 110 Å². The molecule has 4 nitrogen and oxygen atoms in total. The quantitative estimate of drug-likeness (QED) is 0.139. The molecule has 28 heavy (non-hydrogen) atoms. The normalized spacial score (nSPS) is 12.5. The zero-order valence-electron chi connectivity index (χ0n) is 18.6. The molecule has 0 amide bonds. The molecule has 0 aromatic rings. The lowest BCUT2D eigenvalue weighted by Crippen LogP contribution is -2.27. The van der Waals surface area contributed by atoms with Crippen molar-refractivity contribution in [3.63, 3.8) is 0 Å². The largest absolute Gasteiger partial charge is 0.457 e. The summed E-state index contributed by atoms with van der Waals surface area (Å²) in [4.78, 5) is 11.8. The van der Waals surface area contributed by atoms with Crippen LogP contribution in [0.15, 0.2) is 12.2 Å². The number of hydrogen-bond acceptors (Lipinski definition) is 4. The molecule has 0 saturated carbocycles. The van der Waals surface area contributed by atoms with E-state index in [9.17, 15) is 9.90 Å². The number of rotatable bonds is 21. The molecule has 0 aromatic heterocycles. The predicted molar refractivity (Wildman–Crippen MR) is 118 cm³/mol. The third-order valence-corrected chi connectivity index (χ3v) is 4.82. The van der Waals surface area contributed by atoms with Gasteiger partial charge in [0.15, 0.2) is 0 Å². The number of allylic oxidation sites excluding steroid dienone is 2.